The van der Waals surface area contributed by atoms with Crippen molar-refractivity contribution < 1.29 is 14.3 Å². The summed E-state index contributed by atoms with van der Waals surface area (Å²) in [4.78, 5) is 12.0. The van der Waals surface area contributed by atoms with Crippen molar-refractivity contribution in [3.8, 4) is 11.5 Å². The van der Waals surface area contributed by atoms with E-state index in [0.717, 1.165) is 5.56 Å². The third kappa shape index (κ3) is 3.00. The molecule has 1 atom stereocenters. The van der Waals surface area contributed by atoms with E-state index in [4.69, 9.17) is 15.2 Å². The Morgan fingerprint density at radius 1 is 1.28 bits per heavy atom. The molecule has 1 aromatic heterocycles. The number of hydrogen-bond acceptors (Lipinski definition) is 7. The van der Waals surface area contributed by atoms with Gasteiger partial charge < -0.3 is 20.5 Å². The predicted octanol–water partition coefficient (Wildman–Crippen LogP) is 1.24. The Bertz CT molecular complexity index is 829. The molecule has 1 amide bonds. The number of benzene rings is 1. The van der Waals surface area contributed by atoms with E-state index in [1.165, 1.54) is 4.68 Å². The molecule has 1 aromatic carbocycles. The average molecular weight is 344 g/mol. The minimum atomic E-state index is -0.543. The van der Waals surface area contributed by atoms with Crippen molar-refractivity contribution >= 4 is 11.9 Å². The zero-order valence-electron chi connectivity index (χ0n) is 14.3. The molecule has 3 rings (SSSR count). The molecule has 9 nitrogen and oxygen atoms in total. The van der Waals surface area contributed by atoms with Gasteiger partial charge >= 0.3 is 0 Å². The van der Waals surface area contributed by atoms with Crippen LogP contribution in [0.2, 0.25) is 0 Å². The van der Waals surface area contributed by atoms with Gasteiger partial charge in [-0.05, 0) is 48.9 Å². The van der Waals surface area contributed by atoms with E-state index in [0.29, 0.717) is 41.9 Å². The summed E-state index contributed by atoms with van der Waals surface area (Å²) in [6.07, 6.45) is 0. The summed E-state index contributed by atoms with van der Waals surface area (Å²) >= 11 is 0. The van der Waals surface area contributed by atoms with Crippen molar-refractivity contribution in [1.29, 1.82) is 0 Å². The fraction of sp³-hybridized carbons (Fsp3) is 0.375. The molecule has 0 bridgehead atoms. The Hall–Kier alpha value is -3.10. The van der Waals surface area contributed by atoms with E-state index in [2.05, 4.69) is 20.8 Å². The first-order valence-corrected chi connectivity index (χ1v) is 8.01. The summed E-state index contributed by atoms with van der Waals surface area (Å²) in [6.45, 7) is 6.58. The van der Waals surface area contributed by atoms with Crippen LogP contribution >= 0.6 is 0 Å². The number of amides is 1. The molecular formula is C16H20N6O3. The molecule has 132 valence electrons. The molecule has 1 unspecified atom stereocenters. The van der Waals surface area contributed by atoms with Gasteiger partial charge in [-0.25, -0.2) is 0 Å². The summed E-state index contributed by atoms with van der Waals surface area (Å²) < 4.78 is 12.8. The Morgan fingerprint density at radius 3 is 2.68 bits per heavy atom. The van der Waals surface area contributed by atoms with E-state index in [9.17, 15) is 4.79 Å². The lowest BCUT2D eigenvalue weighted by atomic mass is 9.95. The maximum Gasteiger partial charge on any atom is 0.248 e. The summed E-state index contributed by atoms with van der Waals surface area (Å²) in [5.74, 6) is 1.14. The highest BCUT2D eigenvalue weighted by Crippen LogP contribution is 2.38. The summed E-state index contributed by atoms with van der Waals surface area (Å²) in [5, 5.41) is 14.6. The molecule has 1 aliphatic heterocycles. The van der Waals surface area contributed by atoms with Crippen molar-refractivity contribution in [3.63, 3.8) is 0 Å². The van der Waals surface area contributed by atoms with Gasteiger partial charge in [0, 0.05) is 5.70 Å². The second-order valence-electron chi connectivity index (χ2n) is 5.45. The van der Waals surface area contributed by atoms with Gasteiger partial charge in [0.15, 0.2) is 11.5 Å². The summed E-state index contributed by atoms with van der Waals surface area (Å²) in [6, 6.07) is 4.94. The van der Waals surface area contributed by atoms with Crippen LogP contribution in [0.15, 0.2) is 29.5 Å². The fourth-order valence-corrected chi connectivity index (χ4v) is 2.88. The Kier molecular flexibility index (Phi) is 4.55. The highest BCUT2D eigenvalue weighted by Gasteiger charge is 2.33. The Morgan fingerprint density at radius 2 is 2.00 bits per heavy atom. The number of anilines is 1. The highest BCUT2D eigenvalue weighted by molar-refractivity contribution is 5.95. The lowest BCUT2D eigenvalue weighted by molar-refractivity contribution is -0.115. The van der Waals surface area contributed by atoms with Gasteiger partial charge in [-0.15, -0.1) is 0 Å². The molecule has 0 fully saturated rings. The van der Waals surface area contributed by atoms with Crippen LogP contribution in [0.3, 0.4) is 0 Å². The van der Waals surface area contributed by atoms with Crippen molar-refractivity contribution in [2.75, 3.05) is 18.5 Å². The number of fused-ring (bicyclic) bond motifs is 1. The van der Waals surface area contributed by atoms with Gasteiger partial charge in [-0.2, -0.15) is 4.68 Å². The minimum Gasteiger partial charge on any atom is -0.490 e. The number of nitrogens with two attached hydrogens (primary N) is 1. The van der Waals surface area contributed by atoms with Crippen LogP contribution in [0.25, 0.3) is 0 Å². The smallest absolute Gasteiger partial charge is 0.248 e. The van der Waals surface area contributed by atoms with Crippen LogP contribution < -0.4 is 20.5 Å². The SMILES string of the molecule is CCOc1ccc(C2C(C(N)=O)=C(C)Nc3nnnn32)cc1OCC. The van der Waals surface area contributed by atoms with Gasteiger partial charge in [-0.1, -0.05) is 11.2 Å². The lowest BCUT2D eigenvalue weighted by Gasteiger charge is -2.27. The fourth-order valence-electron chi connectivity index (χ4n) is 2.88. The van der Waals surface area contributed by atoms with Crippen molar-refractivity contribution in [2.45, 2.75) is 26.8 Å². The Balaban J connectivity index is 2.13. The lowest BCUT2D eigenvalue weighted by Crippen LogP contribution is -2.31. The molecule has 0 aliphatic carbocycles. The second-order valence-corrected chi connectivity index (χ2v) is 5.45. The first-order chi connectivity index (χ1) is 12.1. The van der Waals surface area contributed by atoms with E-state index in [1.807, 2.05) is 32.0 Å². The number of hydrogen-bond donors (Lipinski definition) is 2. The average Bonchev–Trinajstić information content (AvgIpc) is 3.03. The molecule has 9 heteroatoms. The van der Waals surface area contributed by atoms with Gasteiger partial charge in [-0.3, -0.25) is 4.79 Å². The van der Waals surface area contributed by atoms with Crippen LogP contribution in [0.5, 0.6) is 11.5 Å². The van der Waals surface area contributed by atoms with E-state index < -0.39 is 11.9 Å². The molecule has 0 saturated heterocycles. The zero-order valence-corrected chi connectivity index (χ0v) is 14.3. The molecule has 1 aliphatic rings. The topological polar surface area (TPSA) is 117 Å². The number of primary amides is 1. The monoisotopic (exact) mass is 344 g/mol. The highest BCUT2D eigenvalue weighted by atomic mass is 16.5. The van der Waals surface area contributed by atoms with Gasteiger partial charge in [0.1, 0.15) is 6.04 Å². The van der Waals surface area contributed by atoms with Crippen molar-refractivity contribution in [3.05, 3.63) is 35.0 Å². The van der Waals surface area contributed by atoms with Crippen LogP contribution in [-0.4, -0.2) is 39.3 Å². The van der Waals surface area contributed by atoms with Crippen LogP contribution in [0.1, 0.15) is 32.4 Å². The van der Waals surface area contributed by atoms with E-state index in [-0.39, 0.29) is 0 Å². The number of allylic oxidation sites excluding steroid dienone is 1. The van der Waals surface area contributed by atoms with Gasteiger partial charge in [0.25, 0.3) is 0 Å². The number of aromatic nitrogens is 4. The Labute approximate surface area is 144 Å². The number of tetrazole rings is 1. The third-order valence-corrected chi connectivity index (χ3v) is 3.86. The zero-order chi connectivity index (χ0) is 18.0. The number of carbonyl (C=O) groups excluding carboxylic acids is 1. The standard InChI is InChI=1S/C16H20N6O3/c1-4-24-11-7-6-10(8-12(11)25-5-2)14-13(15(17)23)9(3)18-16-19-20-21-22(14)16/h6-8,14H,4-5H2,1-3H3,(H2,17,23)(H,18,19,21). The summed E-state index contributed by atoms with van der Waals surface area (Å²) in [7, 11) is 0. The molecular weight excluding hydrogens is 324 g/mol. The quantitative estimate of drug-likeness (QED) is 0.809. The molecule has 2 heterocycles. The number of nitrogens with one attached hydrogen (secondary N) is 1. The van der Waals surface area contributed by atoms with Crippen LogP contribution in [0, 0.1) is 0 Å². The first-order valence-electron chi connectivity index (χ1n) is 8.01. The maximum atomic E-state index is 12.0. The number of carbonyl (C=O) groups is 1. The van der Waals surface area contributed by atoms with E-state index >= 15 is 0 Å². The van der Waals surface area contributed by atoms with Gasteiger partial charge in [0.2, 0.25) is 11.9 Å². The normalized spacial score (nSPS) is 16.2. The molecule has 0 radical (unpaired) electrons. The largest absolute Gasteiger partial charge is 0.490 e. The summed E-state index contributed by atoms with van der Waals surface area (Å²) in [5.41, 5.74) is 7.40. The molecule has 0 spiro atoms. The molecule has 2 aromatic rings. The second kappa shape index (κ2) is 6.80. The molecule has 25 heavy (non-hydrogen) atoms. The van der Waals surface area contributed by atoms with Crippen molar-refractivity contribution in [2.24, 2.45) is 5.73 Å². The van der Waals surface area contributed by atoms with Gasteiger partial charge in [0.05, 0.1) is 18.8 Å². The van der Waals surface area contributed by atoms with E-state index in [1.54, 1.807) is 6.92 Å². The molecule has 0 saturated carbocycles. The number of rotatable bonds is 6. The first kappa shape index (κ1) is 16.7. The third-order valence-electron chi connectivity index (χ3n) is 3.86. The number of ether oxygens (including phenoxy) is 2. The van der Waals surface area contributed by atoms with Crippen LogP contribution in [0.4, 0.5) is 5.95 Å². The minimum absolute atomic E-state index is 0.395. The number of nitrogens with zero attached hydrogens (tertiary/aromatic N) is 4. The van der Waals surface area contributed by atoms with Crippen molar-refractivity contribution in [1.82, 2.24) is 20.2 Å². The predicted molar refractivity (Wildman–Crippen MR) is 90.3 cm³/mol. The molecule has 3 N–H and O–H groups in total. The van der Waals surface area contributed by atoms with Crippen LogP contribution in [-0.2, 0) is 4.79 Å². The maximum absolute atomic E-state index is 12.0.